The third-order valence-corrected chi connectivity index (χ3v) is 4.24. The van der Waals surface area contributed by atoms with Crippen molar-refractivity contribution in [2.24, 2.45) is 5.73 Å². The fourth-order valence-corrected chi connectivity index (χ4v) is 2.99. The lowest BCUT2D eigenvalue weighted by Crippen LogP contribution is -2.45. The van der Waals surface area contributed by atoms with E-state index in [0.717, 1.165) is 16.4 Å². The van der Waals surface area contributed by atoms with E-state index >= 15 is 0 Å². The van der Waals surface area contributed by atoms with Crippen molar-refractivity contribution in [3.63, 3.8) is 0 Å². The highest BCUT2D eigenvalue weighted by atomic mass is 35.5. The van der Waals surface area contributed by atoms with Crippen molar-refractivity contribution in [1.29, 1.82) is 0 Å². The normalized spacial score (nSPS) is 13.9. The van der Waals surface area contributed by atoms with E-state index in [2.05, 4.69) is 0 Å². The first-order valence-corrected chi connectivity index (χ1v) is 7.39. The van der Waals surface area contributed by atoms with Crippen LogP contribution in [0.3, 0.4) is 0 Å². The number of aromatic nitrogens is 1. The molecule has 0 aliphatic carbocycles. The summed E-state index contributed by atoms with van der Waals surface area (Å²) in [6, 6.07) is 8.97. The molecule has 3 aromatic rings. The molecular formula is C17H16ClF5N2. The highest BCUT2D eigenvalue weighted by molar-refractivity contribution is 6.08. The SMILES string of the molecule is CCn1c2ccccc2c2cc([C@@H](N)C(F)(F)C(F)(F)F)ccc21.Cl. The molecule has 3 rings (SSSR count). The second-order valence-electron chi connectivity index (χ2n) is 5.64. The fourth-order valence-electron chi connectivity index (χ4n) is 2.99. The minimum atomic E-state index is -5.70. The van der Waals surface area contributed by atoms with Gasteiger partial charge in [0.15, 0.2) is 0 Å². The number of hydrogen-bond acceptors (Lipinski definition) is 1. The summed E-state index contributed by atoms with van der Waals surface area (Å²) in [5.41, 5.74) is 6.67. The molecule has 0 aliphatic heterocycles. The van der Waals surface area contributed by atoms with Crippen LogP contribution in [0, 0.1) is 0 Å². The minimum absolute atomic E-state index is 0. The monoisotopic (exact) mass is 378 g/mol. The summed E-state index contributed by atoms with van der Waals surface area (Å²) in [6.45, 7) is 2.58. The lowest BCUT2D eigenvalue weighted by molar-refractivity contribution is -0.290. The Bertz CT molecular complexity index is 901. The number of rotatable bonds is 3. The summed E-state index contributed by atoms with van der Waals surface area (Å²) in [7, 11) is 0. The maximum atomic E-state index is 13.5. The van der Waals surface area contributed by atoms with Gasteiger partial charge in [0.05, 0.1) is 0 Å². The zero-order valence-electron chi connectivity index (χ0n) is 13.1. The second-order valence-corrected chi connectivity index (χ2v) is 5.64. The molecule has 0 fully saturated rings. The van der Waals surface area contributed by atoms with Crippen molar-refractivity contribution < 1.29 is 22.0 Å². The molecule has 8 heteroatoms. The molecule has 2 aromatic carbocycles. The molecule has 0 unspecified atom stereocenters. The summed E-state index contributed by atoms with van der Waals surface area (Å²) in [5, 5.41) is 1.40. The average molecular weight is 379 g/mol. The van der Waals surface area contributed by atoms with Gasteiger partial charge in [0, 0.05) is 28.4 Å². The van der Waals surface area contributed by atoms with Gasteiger partial charge in [-0.25, -0.2) is 0 Å². The molecule has 1 aromatic heterocycles. The Hall–Kier alpha value is -1.86. The third-order valence-electron chi connectivity index (χ3n) is 4.24. The number of benzene rings is 2. The van der Waals surface area contributed by atoms with Crippen LogP contribution in [-0.4, -0.2) is 16.7 Å². The van der Waals surface area contributed by atoms with Crippen molar-refractivity contribution >= 4 is 34.2 Å². The molecule has 2 N–H and O–H groups in total. The Kier molecular flexibility index (Phi) is 5.03. The zero-order valence-corrected chi connectivity index (χ0v) is 14.0. The van der Waals surface area contributed by atoms with Gasteiger partial charge >= 0.3 is 12.1 Å². The van der Waals surface area contributed by atoms with E-state index in [0.29, 0.717) is 11.9 Å². The topological polar surface area (TPSA) is 30.9 Å². The van der Waals surface area contributed by atoms with Crippen LogP contribution in [0.15, 0.2) is 42.5 Å². The molecule has 1 atom stereocenters. The van der Waals surface area contributed by atoms with E-state index in [-0.39, 0.29) is 18.0 Å². The van der Waals surface area contributed by atoms with Crippen molar-refractivity contribution in [3.8, 4) is 0 Å². The lowest BCUT2D eigenvalue weighted by atomic mass is 9.99. The number of halogens is 6. The standard InChI is InChI=1S/C17H15F5N2.ClH/c1-2-24-13-6-4-3-5-11(13)12-9-10(7-8-14(12)24)15(23)16(18,19)17(20,21)22;/h3-9,15H,2,23H2,1H3;1H/t15-;/m1./s1. The van der Waals surface area contributed by atoms with Crippen molar-refractivity contribution in [3.05, 3.63) is 48.0 Å². The first kappa shape index (κ1) is 19.5. The highest BCUT2D eigenvalue weighted by Crippen LogP contribution is 2.44. The summed E-state index contributed by atoms with van der Waals surface area (Å²) < 4.78 is 66.7. The Balaban J connectivity index is 0.00000225. The largest absolute Gasteiger partial charge is 0.455 e. The molecule has 0 aliphatic rings. The predicted octanol–water partition coefficient (Wildman–Crippen LogP) is 5.43. The van der Waals surface area contributed by atoms with Gasteiger partial charge in [-0.2, -0.15) is 22.0 Å². The smallest absolute Gasteiger partial charge is 0.341 e. The predicted molar refractivity (Wildman–Crippen MR) is 90.3 cm³/mol. The molecule has 2 nitrogen and oxygen atoms in total. The van der Waals surface area contributed by atoms with Crippen LogP contribution in [0.4, 0.5) is 22.0 Å². The summed E-state index contributed by atoms with van der Waals surface area (Å²) in [6.07, 6.45) is -5.70. The molecule has 0 saturated carbocycles. The number of aryl methyl sites for hydroxylation is 1. The van der Waals surface area contributed by atoms with Gasteiger partial charge in [-0.05, 0) is 30.7 Å². The Morgan fingerprint density at radius 3 is 2.16 bits per heavy atom. The molecule has 0 bridgehead atoms. The number of nitrogens with zero attached hydrogens (tertiary/aromatic N) is 1. The maximum Gasteiger partial charge on any atom is 0.455 e. The van der Waals surface area contributed by atoms with Crippen molar-refractivity contribution in [2.45, 2.75) is 31.6 Å². The van der Waals surface area contributed by atoms with E-state index < -0.39 is 18.1 Å². The van der Waals surface area contributed by atoms with Gasteiger partial charge < -0.3 is 10.3 Å². The first-order chi connectivity index (χ1) is 11.2. The van der Waals surface area contributed by atoms with Crippen LogP contribution in [0.2, 0.25) is 0 Å². The van der Waals surface area contributed by atoms with E-state index in [1.165, 1.54) is 12.1 Å². The van der Waals surface area contributed by atoms with Gasteiger partial charge in [0.25, 0.3) is 0 Å². The average Bonchev–Trinajstić information content (AvgIpc) is 2.86. The highest BCUT2D eigenvalue weighted by Gasteiger charge is 2.61. The van der Waals surface area contributed by atoms with Crippen LogP contribution in [0.25, 0.3) is 21.8 Å². The number of alkyl halides is 5. The fraction of sp³-hybridized carbons (Fsp3) is 0.294. The van der Waals surface area contributed by atoms with Gasteiger partial charge in [-0.1, -0.05) is 24.3 Å². The van der Waals surface area contributed by atoms with E-state index in [1.54, 1.807) is 18.2 Å². The molecule has 0 radical (unpaired) electrons. The van der Waals surface area contributed by atoms with Gasteiger partial charge in [-0.15, -0.1) is 12.4 Å². The van der Waals surface area contributed by atoms with E-state index in [1.807, 2.05) is 23.6 Å². The van der Waals surface area contributed by atoms with Crippen LogP contribution in [0.1, 0.15) is 18.5 Å². The zero-order chi connectivity index (χ0) is 17.7. The molecule has 0 saturated heterocycles. The van der Waals surface area contributed by atoms with E-state index in [4.69, 9.17) is 5.73 Å². The van der Waals surface area contributed by atoms with Gasteiger partial charge in [-0.3, -0.25) is 0 Å². The summed E-state index contributed by atoms with van der Waals surface area (Å²) in [4.78, 5) is 0. The molecule has 25 heavy (non-hydrogen) atoms. The molecule has 136 valence electrons. The Labute approximate surface area is 146 Å². The number of hydrogen-bond donors (Lipinski definition) is 1. The first-order valence-electron chi connectivity index (χ1n) is 7.39. The van der Waals surface area contributed by atoms with Crippen LogP contribution >= 0.6 is 12.4 Å². The number of nitrogens with two attached hydrogens (primary N) is 1. The van der Waals surface area contributed by atoms with Gasteiger partial charge in [0.1, 0.15) is 6.04 Å². The minimum Gasteiger partial charge on any atom is -0.341 e. The molecule has 1 heterocycles. The van der Waals surface area contributed by atoms with Crippen molar-refractivity contribution in [2.75, 3.05) is 0 Å². The number of para-hydroxylation sites is 1. The number of fused-ring (bicyclic) bond motifs is 3. The van der Waals surface area contributed by atoms with E-state index in [9.17, 15) is 22.0 Å². The van der Waals surface area contributed by atoms with Gasteiger partial charge in [0.2, 0.25) is 0 Å². The Morgan fingerprint density at radius 1 is 0.960 bits per heavy atom. The lowest BCUT2D eigenvalue weighted by Gasteiger charge is -2.26. The molecule has 0 spiro atoms. The second kappa shape index (κ2) is 6.46. The molecule has 0 amide bonds. The summed E-state index contributed by atoms with van der Waals surface area (Å²) in [5.74, 6) is -5.00. The Morgan fingerprint density at radius 2 is 1.56 bits per heavy atom. The van der Waals surface area contributed by atoms with Crippen LogP contribution in [-0.2, 0) is 6.54 Å². The summed E-state index contributed by atoms with van der Waals surface area (Å²) >= 11 is 0. The van der Waals surface area contributed by atoms with Crippen LogP contribution < -0.4 is 5.73 Å². The quantitative estimate of drug-likeness (QED) is 0.605. The maximum absolute atomic E-state index is 13.5. The molecular weight excluding hydrogens is 363 g/mol. The van der Waals surface area contributed by atoms with Crippen molar-refractivity contribution in [1.82, 2.24) is 4.57 Å². The third kappa shape index (κ3) is 2.95. The van der Waals surface area contributed by atoms with Crippen LogP contribution in [0.5, 0.6) is 0 Å².